The van der Waals surface area contributed by atoms with E-state index in [1.165, 1.54) is 0 Å². The molecule has 1 aliphatic heterocycles. The van der Waals surface area contributed by atoms with Crippen molar-refractivity contribution >= 4 is 5.91 Å². The third-order valence-corrected chi connectivity index (χ3v) is 4.75. The number of amides is 1. The van der Waals surface area contributed by atoms with Gasteiger partial charge < -0.3 is 14.8 Å². The van der Waals surface area contributed by atoms with Crippen LogP contribution >= 0.6 is 0 Å². The average molecular weight is 306 g/mol. The maximum Gasteiger partial charge on any atom is 0.220 e. The molecule has 2 heterocycles. The lowest BCUT2D eigenvalue weighted by Gasteiger charge is -2.31. The minimum absolute atomic E-state index is 0.0109. The first kappa shape index (κ1) is 17.0. The second-order valence-electron chi connectivity index (χ2n) is 6.77. The molecule has 5 nitrogen and oxygen atoms in total. The van der Waals surface area contributed by atoms with Gasteiger partial charge >= 0.3 is 0 Å². The minimum atomic E-state index is -0.0109. The van der Waals surface area contributed by atoms with Crippen molar-refractivity contribution in [3.05, 3.63) is 18.2 Å². The Bertz CT molecular complexity index is 475. The number of piperidine rings is 1. The summed E-state index contributed by atoms with van der Waals surface area (Å²) >= 11 is 0. The molecule has 1 aromatic rings. The summed E-state index contributed by atoms with van der Waals surface area (Å²) in [6, 6.07) is -0.0109. The predicted molar refractivity (Wildman–Crippen MR) is 88.4 cm³/mol. The van der Waals surface area contributed by atoms with Crippen molar-refractivity contribution in [1.82, 2.24) is 19.8 Å². The van der Waals surface area contributed by atoms with Gasteiger partial charge in [-0.1, -0.05) is 20.8 Å². The fourth-order valence-electron chi connectivity index (χ4n) is 3.21. The topological polar surface area (TPSA) is 50.2 Å². The standard InChI is InChI=1S/C17H30N4O/c1-5-21-9-6-14(7-10-21)12-15(22)19-16(13(2)3)17-18-8-11-20(17)4/h8,11,13-14,16H,5-7,9-10,12H2,1-4H3,(H,19,22)/t16-/m1/s1. The third-order valence-electron chi connectivity index (χ3n) is 4.75. The number of nitrogens with one attached hydrogen (secondary N) is 1. The molecule has 0 aromatic carbocycles. The van der Waals surface area contributed by atoms with Crippen LogP contribution in [0.1, 0.15) is 51.9 Å². The molecule has 1 N–H and O–H groups in total. The first-order valence-corrected chi connectivity index (χ1v) is 8.50. The highest BCUT2D eigenvalue weighted by Crippen LogP contribution is 2.23. The van der Waals surface area contributed by atoms with E-state index in [1.807, 2.05) is 17.8 Å². The number of rotatable bonds is 6. The number of likely N-dealkylation sites (tertiary alicyclic amines) is 1. The molecular weight excluding hydrogens is 276 g/mol. The van der Waals surface area contributed by atoms with E-state index < -0.39 is 0 Å². The Morgan fingerprint density at radius 3 is 2.59 bits per heavy atom. The van der Waals surface area contributed by atoms with Crippen LogP contribution in [-0.2, 0) is 11.8 Å². The van der Waals surface area contributed by atoms with Gasteiger partial charge in [-0.3, -0.25) is 4.79 Å². The Balaban J connectivity index is 1.88. The number of aryl methyl sites for hydroxylation is 1. The lowest BCUT2D eigenvalue weighted by atomic mass is 9.92. The van der Waals surface area contributed by atoms with Crippen LogP contribution in [0.5, 0.6) is 0 Å². The second-order valence-corrected chi connectivity index (χ2v) is 6.77. The third kappa shape index (κ3) is 4.32. The maximum absolute atomic E-state index is 12.4. The van der Waals surface area contributed by atoms with Gasteiger partial charge in [-0.05, 0) is 44.3 Å². The number of aromatic nitrogens is 2. The zero-order chi connectivity index (χ0) is 16.1. The normalized spacial score (nSPS) is 18.6. The Labute approximate surface area is 134 Å². The molecule has 1 aromatic heterocycles. The number of hydrogen-bond donors (Lipinski definition) is 1. The Hall–Kier alpha value is -1.36. The van der Waals surface area contributed by atoms with Crippen molar-refractivity contribution < 1.29 is 4.79 Å². The molecule has 1 amide bonds. The van der Waals surface area contributed by atoms with Crippen LogP contribution in [0, 0.1) is 11.8 Å². The number of carbonyl (C=O) groups excluding carboxylic acids is 1. The lowest BCUT2D eigenvalue weighted by molar-refractivity contribution is -0.123. The molecule has 0 unspecified atom stereocenters. The molecule has 0 aliphatic carbocycles. The van der Waals surface area contributed by atoms with Crippen LogP contribution in [0.25, 0.3) is 0 Å². The van der Waals surface area contributed by atoms with Crippen LogP contribution in [0.3, 0.4) is 0 Å². The predicted octanol–water partition coefficient (Wildman–Crippen LogP) is 2.36. The van der Waals surface area contributed by atoms with Crippen molar-refractivity contribution in [2.24, 2.45) is 18.9 Å². The molecule has 1 aliphatic rings. The zero-order valence-electron chi connectivity index (χ0n) is 14.4. The fourth-order valence-corrected chi connectivity index (χ4v) is 3.21. The molecule has 2 rings (SSSR count). The van der Waals surface area contributed by atoms with Crippen molar-refractivity contribution in [2.75, 3.05) is 19.6 Å². The highest BCUT2D eigenvalue weighted by atomic mass is 16.1. The summed E-state index contributed by atoms with van der Waals surface area (Å²) in [5, 5.41) is 3.20. The highest BCUT2D eigenvalue weighted by molar-refractivity contribution is 5.76. The molecule has 0 saturated carbocycles. The van der Waals surface area contributed by atoms with Gasteiger partial charge in [0.05, 0.1) is 6.04 Å². The molecule has 0 spiro atoms. The van der Waals surface area contributed by atoms with Crippen LogP contribution in [0.4, 0.5) is 0 Å². The van der Waals surface area contributed by atoms with E-state index in [-0.39, 0.29) is 11.9 Å². The number of nitrogens with zero attached hydrogens (tertiary/aromatic N) is 3. The van der Waals surface area contributed by atoms with Crippen LogP contribution in [0.15, 0.2) is 12.4 Å². The Morgan fingerprint density at radius 2 is 2.09 bits per heavy atom. The van der Waals surface area contributed by atoms with Gasteiger partial charge in [-0.25, -0.2) is 4.98 Å². The number of imidazole rings is 1. The molecule has 1 saturated heterocycles. The maximum atomic E-state index is 12.4. The average Bonchev–Trinajstić information content (AvgIpc) is 2.91. The van der Waals surface area contributed by atoms with Gasteiger partial charge in [0.2, 0.25) is 5.91 Å². The Kier molecular flexibility index (Phi) is 6.00. The van der Waals surface area contributed by atoms with Gasteiger partial charge in [-0.15, -0.1) is 0 Å². The highest BCUT2D eigenvalue weighted by Gasteiger charge is 2.25. The molecule has 5 heteroatoms. The monoisotopic (exact) mass is 306 g/mol. The first-order valence-electron chi connectivity index (χ1n) is 8.50. The van der Waals surface area contributed by atoms with Crippen molar-refractivity contribution in [1.29, 1.82) is 0 Å². The first-order chi connectivity index (χ1) is 10.5. The number of hydrogen-bond acceptors (Lipinski definition) is 3. The SMILES string of the molecule is CCN1CCC(CC(=O)N[C@@H](c2nccn2C)C(C)C)CC1. The van der Waals surface area contributed by atoms with Gasteiger partial charge in [0.1, 0.15) is 5.82 Å². The van der Waals surface area contributed by atoms with Gasteiger partial charge in [0, 0.05) is 25.9 Å². The molecule has 124 valence electrons. The quantitative estimate of drug-likeness (QED) is 0.878. The fraction of sp³-hybridized carbons (Fsp3) is 0.765. The second kappa shape index (κ2) is 7.77. The summed E-state index contributed by atoms with van der Waals surface area (Å²) in [5.41, 5.74) is 0. The largest absolute Gasteiger partial charge is 0.346 e. The summed E-state index contributed by atoms with van der Waals surface area (Å²) < 4.78 is 1.99. The molecule has 22 heavy (non-hydrogen) atoms. The minimum Gasteiger partial charge on any atom is -0.346 e. The van der Waals surface area contributed by atoms with E-state index in [1.54, 1.807) is 6.20 Å². The molecule has 0 radical (unpaired) electrons. The number of carbonyl (C=O) groups is 1. The van der Waals surface area contributed by atoms with Crippen molar-refractivity contribution in [3.63, 3.8) is 0 Å². The van der Waals surface area contributed by atoms with E-state index >= 15 is 0 Å². The molecule has 1 atom stereocenters. The Morgan fingerprint density at radius 1 is 1.41 bits per heavy atom. The van der Waals surface area contributed by atoms with Crippen LogP contribution in [-0.4, -0.2) is 40.0 Å². The molecule has 1 fully saturated rings. The van der Waals surface area contributed by atoms with Gasteiger partial charge in [0.15, 0.2) is 0 Å². The molecule has 0 bridgehead atoms. The summed E-state index contributed by atoms with van der Waals surface area (Å²) in [4.78, 5) is 19.3. The van der Waals surface area contributed by atoms with E-state index in [9.17, 15) is 4.79 Å². The summed E-state index contributed by atoms with van der Waals surface area (Å²) in [6.07, 6.45) is 6.63. The summed E-state index contributed by atoms with van der Waals surface area (Å²) in [5.74, 6) is 1.95. The van der Waals surface area contributed by atoms with Gasteiger partial charge in [0.25, 0.3) is 0 Å². The van der Waals surface area contributed by atoms with Crippen LogP contribution < -0.4 is 5.32 Å². The van der Waals surface area contributed by atoms with Crippen molar-refractivity contribution in [2.45, 2.75) is 46.1 Å². The van der Waals surface area contributed by atoms with E-state index in [2.05, 4.69) is 36.0 Å². The summed E-state index contributed by atoms with van der Waals surface area (Å²) in [7, 11) is 1.98. The van der Waals surface area contributed by atoms with Crippen LogP contribution in [0.2, 0.25) is 0 Å². The smallest absolute Gasteiger partial charge is 0.220 e. The van der Waals surface area contributed by atoms with E-state index in [0.717, 1.165) is 38.3 Å². The lowest BCUT2D eigenvalue weighted by Crippen LogP contribution is -2.38. The van der Waals surface area contributed by atoms with E-state index in [4.69, 9.17) is 0 Å². The van der Waals surface area contributed by atoms with Crippen molar-refractivity contribution in [3.8, 4) is 0 Å². The summed E-state index contributed by atoms with van der Waals surface area (Å²) in [6.45, 7) is 9.82. The van der Waals surface area contributed by atoms with Gasteiger partial charge in [-0.2, -0.15) is 0 Å². The zero-order valence-corrected chi connectivity index (χ0v) is 14.4. The van der Waals surface area contributed by atoms with E-state index in [0.29, 0.717) is 18.3 Å². The molecular formula is C17H30N4O.